The van der Waals surface area contributed by atoms with Crippen molar-refractivity contribution in [3.05, 3.63) is 35.9 Å². The van der Waals surface area contributed by atoms with Crippen molar-refractivity contribution in [3.8, 4) is 0 Å². The smallest absolute Gasteiger partial charge is 0.408 e. The Bertz CT molecular complexity index is 369. The lowest BCUT2D eigenvalue weighted by atomic mass is 10.1. The van der Waals surface area contributed by atoms with Crippen molar-refractivity contribution in [2.45, 2.75) is 19.1 Å². The molecule has 0 aliphatic heterocycles. The van der Waals surface area contributed by atoms with E-state index in [1.165, 1.54) is 7.11 Å². The summed E-state index contributed by atoms with van der Waals surface area (Å²) in [6.45, 7) is 1.87. The van der Waals surface area contributed by atoms with E-state index in [2.05, 4.69) is 5.32 Å². The molecule has 1 rings (SSSR count). The van der Waals surface area contributed by atoms with Crippen LogP contribution >= 0.6 is 0 Å². The van der Waals surface area contributed by atoms with Crippen LogP contribution in [0.4, 0.5) is 4.79 Å². The molecule has 2 N–H and O–H groups in total. The Hall–Kier alpha value is -1.59. The number of methoxy groups -OCH3 is 1. The van der Waals surface area contributed by atoms with Crippen LogP contribution in [0.25, 0.3) is 0 Å². The van der Waals surface area contributed by atoms with Gasteiger partial charge in [0.25, 0.3) is 0 Å². The summed E-state index contributed by atoms with van der Waals surface area (Å²) in [6.07, 6.45) is -0.576. The molecule has 0 aromatic heterocycles. The standard InChI is InChI=1S/C13H19NO4/c1-13(9-15,10-17-2)14-12(16)18-8-11-6-4-3-5-7-11/h3-7,15H,8-10H2,1-2H3,(H,14,16). The fraction of sp³-hybridized carbons (Fsp3) is 0.462. The Morgan fingerprint density at radius 3 is 2.61 bits per heavy atom. The molecule has 0 saturated carbocycles. The van der Waals surface area contributed by atoms with Crippen LogP contribution in [0.3, 0.4) is 0 Å². The molecule has 5 heteroatoms. The molecule has 0 aliphatic carbocycles. The second-order valence-corrected chi connectivity index (χ2v) is 4.34. The first-order valence-electron chi connectivity index (χ1n) is 5.68. The van der Waals surface area contributed by atoms with E-state index in [9.17, 15) is 9.90 Å². The highest BCUT2D eigenvalue weighted by Gasteiger charge is 2.26. The number of hydrogen-bond acceptors (Lipinski definition) is 4. The molecular formula is C13H19NO4. The Balaban J connectivity index is 2.41. The van der Waals surface area contributed by atoms with Crippen molar-refractivity contribution >= 4 is 6.09 Å². The van der Waals surface area contributed by atoms with E-state index in [1.807, 2.05) is 30.3 Å². The van der Waals surface area contributed by atoms with Crippen molar-refractivity contribution in [3.63, 3.8) is 0 Å². The number of rotatable bonds is 6. The van der Waals surface area contributed by atoms with Gasteiger partial charge < -0.3 is 19.9 Å². The highest BCUT2D eigenvalue weighted by atomic mass is 16.5. The molecule has 0 heterocycles. The summed E-state index contributed by atoms with van der Waals surface area (Å²) in [7, 11) is 1.50. The third kappa shape index (κ3) is 4.73. The molecule has 18 heavy (non-hydrogen) atoms. The summed E-state index contributed by atoms with van der Waals surface area (Å²) in [5.74, 6) is 0. The van der Waals surface area contributed by atoms with Gasteiger partial charge in [-0.1, -0.05) is 30.3 Å². The molecule has 1 unspecified atom stereocenters. The number of ether oxygens (including phenoxy) is 2. The number of benzene rings is 1. The van der Waals surface area contributed by atoms with Crippen LogP contribution in [-0.2, 0) is 16.1 Å². The molecule has 100 valence electrons. The summed E-state index contributed by atoms with van der Waals surface area (Å²) in [6, 6.07) is 9.38. The van der Waals surface area contributed by atoms with E-state index in [0.717, 1.165) is 5.56 Å². The van der Waals surface area contributed by atoms with E-state index < -0.39 is 11.6 Å². The number of carbonyl (C=O) groups is 1. The van der Waals surface area contributed by atoms with Crippen LogP contribution in [-0.4, -0.2) is 37.1 Å². The molecule has 0 aliphatic rings. The summed E-state index contributed by atoms with van der Waals surface area (Å²) >= 11 is 0. The lowest BCUT2D eigenvalue weighted by Crippen LogP contribution is -2.52. The average Bonchev–Trinajstić information content (AvgIpc) is 2.38. The second-order valence-electron chi connectivity index (χ2n) is 4.34. The van der Waals surface area contributed by atoms with Gasteiger partial charge in [-0.25, -0.2) is 4.79 Å². The van der Waals surface area contributed by atoms with Gasteiger partial charge in [0.2, 0.25) is 0 Å². The van der Waals surface area contributed by atoms with E-state index in [-0.39, 0.29) is 19.8 Å². The summed E-state index contributed by atoms with van der Waals surface area (Å²) in [5.41, 5.74) is 0.0767. The zero-order valence-corrected chi connectivity index (χ0v) is 10.7. The number of nitrogens with one attached hydrogen (secondary N) is 1. The molecule has 1 atom stereocenters. The summed E-state index contributed by atoms with van der Waals surface area (Å²) in [4.78, 5) is 11.6. The van der Waals surface area contributed by atoms with Gasteiger partial charge in [0.15, 0.2) is 0 Å². The molecule has 1 amide bonds. The fourth-order valence-corrected chi connectivity index (χ4v) is 1.45. The molecule has 0 saturated heterocycles. The molecular weight excluding hydrogens is 234 g/mol. The largest absolute Gasteiger partial charge is 0.445 e. The quantitative estimate of drug-likeness (QED) is 0.802. The van der Waals surface area contributed by atoms with Crippen LogP contribution in [0, 0.1) is 0 Å². The SMILES string of the molecule is COCC(C)(CO)NC(=O)OCc1ccccc1. The van der Waals surface area contributed by atoms with Crippen molar-refractivity contribution < 1.29 is 19.4 Å². The summed E-state index contributed by atoms with van der Waals surface area (Å²) < 4.78 is 9.99. The monoisotopic (exact) mass is 253 g/mol. The average molecular weight is 253 g/mol. The molecule has 0 bridgehead atoms. The van der Waals surface area contributed by atoms with Crippen molar-refractivity contribution in [2.75, 3.05) is 20.3 Å². The van der Waals surface area contributed by atoms with Gasteiger partial charge in [-0.3, -0.25) is 0 Å². The van der Waals surface area contributed by atoms with Gasteiger partial charge in [-0.15, -0.1) is 0 Å². The zero-order valence-electron chi connectivity index (χ0n) is 10.7. The highest BCUT2D eigenvalue weighted by Crippen LogP contribution is 2.05. The van der Waals surface area contributed by atoms with Crippen LogP contribution in [0.15, 0.2) is 30.3 Å². The molecule has 5 nitrogen and oxygen atoms in total. The van der Waals surface area contributed by atoms with Gasteiger partial charge in [-0.2, -0.15) is 0 Å². The number of aliphatic hydroxyl groups excluding tert-OH is 1. The van der Waals surface area contributed by atoms with E-state index in [4.69, 9.17) is 9.47 Å². The normalized spacial score (nSPS) is 13.7. The fourth-order valence-electron chi connectivity index (χ4n) is 1.45. The molecule has 0 radical (unpaired) electrons. The lowest BCUT2D eigenvalue weighted by Gasteiger charge is -2.27. The predicted molar refractivity (Wildman–Crippen MR) is 67.1 cm³/mol. The van der Waals surface area contributed by atoms with Gasteiger partial charge in [0.1, 0.15) is 6.61 Å². The number of aliphatic hydroxyl groups is 1. The first-order chi connectivity index (χ1) is 8.59. The van der Waals surface area contributed by atoms with E-state index in [0.29, 0.717) is 0 Å². The Morgan fingerprint density at radius 2 is 2.06 bits per heavy atom. The third-order valence-corrected chi connectivity index (χ3v) is 2.43. The molecule has 0 spiro atoms. The maximum atomic E-state index is 11.6. The maximum absolute atomic E-state index is 11.6. The van der Waals surface area contributed by atoms with Crippen molar-refractivity contribution in [2.24, 2.45) is 0 Å². The van der Waals surface area contributed by atoms with E-state index in [1.54, 1.807) is 6.92 Å². The zero-order chi connectivity index (χ0) is 13.4. The van der Waals surface area contributed by atoms with Crippen molar-refractivity contribution in [1.82, 2.24) is 5.32 Å². The third-order valence-electron chi connectivity index (χ3n) is 2.43. The first-order valence-corrected chi connectivity index (χ1v) is 5.68. The first kappa shape index (κ1) is 14.5. The molecule has 0 fully saturated rings. The predicted octanol–water partition coefficient (Wildman–Crippen LogP) is 1.31. The highest BCUT2D eigenvalue weighted by molar-refractivity contribution is 5.68. The topological polar surface area (TPSA) is 67.8 Å². The number of amides is 1. The minimum Gasteiger partial charge on any atom is -0.445 e. The lowest BCUT2D eigenvalue weighted by molar-refractivity contribution is 0.0618. The minimum absolute atomic E-state index is 0.196. The Labute approximate surface area is 107 Å². The van der Waals surface area contributed by atoms with Crippen LogP contribution < -0.4 is 5.32 Å². The summed E-state index contributed by atoms with van der Waals surface area (Å²) in [5, 5.41) is 11.8. The number of hydrogen-bond donors (Lipinski definition) is 2. The van der Waals surface area contributed by atoms with Gasteiger partial charge in [0, 0.05) is 7.11 Å². The van der Waals surface area contributed by atoms with Gasteiger partial charge in [-0.05, 0) is 12.5 Å². The van der Waals surface area contributed by atoms with Crippen LogP contribution in [0.1, 0.15) is 12.5 Å². The van der Waals surface area contributed by atoms with Crippen LogP contribution in [0.2, 0.25) is 0 Å². The number of alkyl carbamates (subject to hydrolysis) is 1. The molecule has 1 aromatic rings. The minimum atomic E-state index is -0.831. The molecule has 1 aromatic carbocycles. The Morgan fingerprint density at radius 1 is 1.39 bits per heavy atom. The maximum Gasteiger partial charge on any atom is 0.408 e. The van der Waals surface area contributed by atoms with Crippen molar-refractivity contribution in [1.29, 1.82) is 0 Å². The van der Waals surface area contributed by atoms with Gasteiger partial charge in [0.05, 0.1) is 18.8 Å². The van der Waals surface area contributed by atoms with E-state index >= 15 is 0 Å². The van der Waals surface area contributed by atoms with Gasteiger partial charge >= 0.3 is 6.09 Å². The number of carbonyl (C=O) groups excluding carboxylic acids is 1. The Kier molecular flexibility index (Phi) is 5.61. The van der Waals surface area contributed by atoms with Crippen LogP contribution in [0.5, 0.6) is 0 Å². The second kappa shape index (κ2) is 6.98.